The summed E-state index contributed by atoms with van der Waals surface area (Å²) < 4.78 is 380. The number of hydrogen-bond donors (Lipinski definition) is 0. The van der Waals surface area contributed by atoms with Gasteiger partial charge in [0.25, 0.3) is 0 Å². The molecule has 5 saturated heterocycles. The first kappa shape index (κ1) is 81.3. The predicted molar refractivity (Wildman–Crippen MR) is 263 cm³/mol. The number of fused-ring (bicyclic) bond motifs is 1. The van der Waals surface area contributed by atoms with Crippen molar-refractivity contribution in [1.82, 2.24) is 0 Å². The van der Waals surface area contributed by atoms with Crippen LogP contribution in [-0.4, -0.2) is 327 Å². The van der Waals surface area contributed by atoms with Gasteiger partial charge >= 0.3 is 0 Å². The molecule has 14 unspecified atom stereocenters. The van der Waals surface area contributed by atoms with Gasteiger partial charge in [-0.2, -0.15) is 0 Å². The molecule has 6 aliphatic rings. The van der Waals surface area contributed by atoms with E-state index in [4.69, 9.17) is 80.5 Å². The van der Waals surface area contributed by atoms with Crippen LogP contribution >= 0.6 is 0 Å². The summed E-state index contributed by atoms with van der Waals surface area (Å²) in [5.41, 5.74) is 0. The lowest BCUT2D eigenvalue weighted by Gasteiger charge is -2.51. The second-order valence-corrected chi connectivity index (χ2v) is 27.1. The fourth-order valence-electron chi connectivity index (χ4n) is 11.2. The van der Waals surface area contributed by atoms with Crippen LogP contribution in [0.5, 0.6) is 0 Å². The van der Waals surface area contributed by atoms with E-state index in [0.717, 1.165) is 35.5 Å². The molecule has 0 bridgehead atoms. The van der Waals surface area contributed by atoms with E-state index >= 15 is 0 Å². The predicted octanol–water partition coefficient (Wildman–Crippen LogP) is -12.6. The molecule has 49 nitrogen and oxygen atoms in total. The zero-order valence-electron chi connectivity index (χ0n) is 48.9. The van der Waals surface area contributed by atoms with Gasteiger partial charge in [-0.05, 0) is 0 Å². The molecule has 0 N–H and O–H groups in total. The van der Waals surface area contributed by atoms with Gasteiger partial charge in [0.15, 0.2) is 49.4 Å². The number of aliphatic carboxylic acids is 2. The normalized spacial score (nSPS) is 39.3. The third-order valence-electron chi connectivity index (χ3n) is 14.6. The van der Waals surface area contributed by atoms with Crippen LogP contribution in [0.25, 0.3) is 0 Å². The molecule has 95 heavy (non-hydrogen) atoms. The van der Waals surface area contributed by atoms with Crippen LogP contribution in [0.15, 0.2) is 0 Å². The van der Waals surface area contributed by atoms with Crippen LogP contribution < -0.4 is 10.2 Å². The molecule has 1 saturated carbocycles. The summed E-state index contributed by atoms with van der Waals surface area (Å²) in [6.45, 7) is -4.65. The first-order valence-corrected chi connectivity index (χ1v) is 35.0. The van der Waals surface area contributed by atoms with Crippen LogP contribution in [0.3, 0.4) is 0 Å². The zero-order chi connectivity index (χ0) is 71.7. The summed E-state index contributed by atoms with van der Waals surface area (Å²) >= 11 is 0. The van der Waals surface area contributed by atoms with Gasteiger partial charge in [0.2, 0.25) is 72.8 Å². The van der Waals surface area contributed by atoms with E-state index in [9.17, 15) is 111 Å². The number of ether oxygens (including phenoxy) is 17. The standard InChI is InChI=1S/C39H64O49S7/c1-65-17-12(9-73-89(44,45)46)77-36(28(69-5)22(17)67-3)82-24-23(68-4)29(70-6)37(83-27(24)33(42)43)80-19-14(11-75-91(50,51)52)78-38(31(88-95(62,63)64)26(19)86-93(56,57)58)84-39(72-8)15-16(39)21(66-2)35(81-20(15)32(40)41)79-18-13(10-74-90(47,48)49)76-34(71-7)30(87-94(59,60)61)25(18)85-92(53,54)55/h12-31,34-38H,9-11H2,1-8H3,(H,40,41)(H,42,43)(H,44,45,46)(H,47,48,49)(H,50,51,52)(H,53,54,55)(H,56,57,58)(H,59,60,61)(H,62,63,64)/p-9/t12?,13?,14?,15-,16-,17+,18+,19+,20?,21?,22?,23?,24-,25?,26-,27?,28?,29?,30?,31?,34-,35+,36+,37+,38-,39?/m0/s1. The highest BCUT2D eigenvalue weighted by atomic mass is 32.3. The molecule has 5 heterocycles. The van der Waals surface area contributed by atoms with E-state index in [1.807, 2.05) is 0 Å². The van der Waals surface area contributed by atoms with E-state index in [1.54, 1.807) is 0 Å². The Kier molecular flexibility index (Phi) is 27.1. The fraction of sp³-hybridized carbons (Fsp3) is 0.949. The molecule has 5 aliphatic heterocycles. The van der Waals surface area contributed by atoms with Gasteiger partial charge in [0, 0.05) is 56.9 Å². The summed E-state index contributed by atoms with van der Waals surface area (Å²) in [5.74, 6) is -11.9. The van der Waals surface area contributed by atoms with Crippen LogP contribution in [-0.2, 0) is 192 Å². The highest BCUT2D eigenvalue weighted by Crippen LogP contribution is 2.63. The third-order valence-corrected chi connectivity index (χ3v) is 17.7. The van der Waals surface area contributed by atoms with Crippen LogP contribution in [0.1, 0.15) is 0 Å². The highest BCUT2D eigenvalue weighted by molar-refractivity contribution is 7.82. The van der Waals surface area contributed by atoms with E-state index in [0.29, 0.717) is 21.3 Å². The molecule has 1 aliphatic carbocycles. The van der Waals surface area contributed by atoms with Crippen LogP contribution in [0.2, 0.25) is 0 Å². The lowest BCUT2D eigenvalue weighted by Crippen LogP contribution is -2.69. The molecule has 0 amide bonds. The second kappa shape index (κ2) is 31.7. The van der Waals surface area contributed by atoms with Gasteiger partial charge in [0.1, 0.15) is 97.7 Å². The van der Waals surface area contributed by atoms with E-state index in [-0.39, 0.29) is 0 Å². The van der Waals surface area contributed by atoms with Crippen LogP contribution in [0.4, 0.5) is 0 Å². The minimum absolute atomic E-state index is 0.617. The molecular formula is C39H55O49S7-9. The number of methoxy groups -OCH3 is 8. The molecular weight excluding hydrogens is 1480 g/mol. The summed E-state index contributed by atoms with van der Waals surface area (Å²) in [7, 11) is -35.8. The van der Waals surface area contributed by atoms with Crippen molar-refractivity contribution in [2.24, 2.45) is 11.8 Å². The highest BCUT2D eigenvalue weighted by Gasteiger charge is 2.79. The minimum atomic E-state index is -6.50. The number of carbonyl (C=O) groups is 2. The van der Waals surface area contributed by atoms with Gasteiger partial charge in [-0.25, -0.2) is 58.9 Å². The molecule has 26 atom stereocenters. The zero-order valence-corrected chi connectivity index (χ0v) is 54.6. The Hall–Kier alpha value is -2.65. The number of carboxylic acid groups (broad SMARTS) is 2. The summed E-state index contributed by atoms with van der Waals surface area (Å²) in [4.78, 5) is 26.2. The Morgan fingerprint density at radius 3 is 1.00 bits per heavy atom. The van der Waals surface area contributed by atoms with Gasteiger partial charge in [-0.1, -0.05) is 0 Å². The lowest BCUT2D eigenvalue weighted by atomic mass is 9.95. The van der Waals surface area contributed by atoms with E-state index < -0.39 is 263 Å². The van der Waals surface area contributed by atoms with Crippen molar-refractivity contribution in [3.05, 3.63) is 0 Å². The van der Waals surface area contributed by atoms with Crippen molar-refractivity contribution in [2.75, 3.05) is 76.7 Å². The molecule has 556 valence electrons. The summed E-state index contributed by atoms with van der Waals surface area (Å²) in [5, 5.41) is 26.2. The fourth-order valence-corrected chi connectivity index (χ4v) is 14.0. The van der Waals surface area contributed by atoms with Crippen molar-refractivity contribution in [1.29, 1.82) is 0 Å². The Bertz CT molecular complexity index is 3450. The average molecular weight is 1530 g/mol. The molecule has 6 rings (SSSR count). The molecule has 0 spiro atoms. The summed E-state index contributed by atoms with van der Waals surface area (Å²) in [6.07, 6.45) is -55.8. The van der Waals surface area contributed by atoms with Gasteiger partial charge in [0.05, 0.1) is 43.6 Å². The maximum Gasteiger partial charge on any atom is 0.218 e. The first-order valence-electron chi connectivity index (χ1n) is 25.7. The SMILES string of the molecule is COC1C(OC)[C@H](OC)C(COS(=O)(=O)[O-])O[C@@H]1O[C@@H]1C(C(=O)[O-])O[C@@H](O[C@@H]2C(COS(=O)(=O)[O-])O[C@@H](OC3(OC)[C@@H]4C(C(=O)[O-])O[C@@H](O[C@@H]5C(COS(=O)(=O)[O-])O[C@H](OC)C(OS(=O)(=O)[O-])C5OS(=O)(=O)[O-])C(OC)[C@H]43)C(OS(=O)(=O)[O-])[C@H]2OS(=O)(=O)[O-])C(OC)C1OC. The van der Waals surface area contributed by atoms with E-state index in [2.05, 4.69) is 29.3 Å². The monoisotopic (exact) mass is 1530 g/mol. The molecule has 56 heteroatoms. The quantitative estimate of drug-likeness (QED) is 0.0323. The summed E-state index contributed by atoms with van der Waals surface area (Å²) in [6, 6.07) is 0. The van der Waals surface area contributed by atoms with Gasteiger partial charge < -0.3 is 132 Å². The average Bonchev–Trinajstić information content (AvgIpc) is 1.51. The third kappa shape index (κ3) is 20.8. The largest absolute Gasteiger partial charge is 0.726 e. The van der Waals surface area contributed by atoms with E-state index in [1.165, 1.54) is 0 Å². The Morgan fingerprint density at radius 2 is 0.642 bits per heavy atom. The number of carboxylic acids is 2. The topological polar surface area (TPSA) is 702 Å². The molecule has 0 aromatic rings. The second-order valence-electron chi connectivity index (χ2n) is 19.9. The minimum Gasteiger partial charge on any atom is -0.726 e. The van der Waals surface area contributed by atoms with Gasteiger partial charge in [-0.3, -0.25) is 29.3 Å². The molecule has 0 aromatic carbocycles. The Balaban J connectivity index is 1.44. The van der Waals surface area contributed by atoms with Crippen LogP contribution in [0, 0.1) is 11.8 Å². The molecule has 0 radical (unpaired) electrons. The van der Waals surface area contributed by atoms with Crippen molar-refractivity contribution in [3.8, 4) is 0 Å². The molecule has 6 fully saturated rings. The smallest absolute Gasteiger partial charge is 0.218 e. The number of hydrogen-bond acceptors (Lipinski definition) is 49. The number of carbonyl (C=O) groups excluding carboxylic acids is 2. The lowest BCUT2D eigenvalue weighted by molar-refractivity contribution is -0.396. The number of rotatable bonds is 35. The first-order chi connectivity index (χ1) is 43.7. The maximum atomic E-state index is 13.1. The maximum absolute atomic E-state index is 13.1. The molecule has 0 aromatic heterocycles. The van der Waals surface area contributed by atoms with Crippen molar-refractivity contribution >= 4 is 84.7 Å². The van der Waals surface area contributed by atoms with Crippen molar-refractivity contribution in [2.45, 2.75) is 147 Å². The van der Waals surface area contributed by atoms with Crippen molar-refractivity contribution in [3.63, 3.8) is 0 Å². The Labute approximate surface area is 538 Å². The van der Waals surface area contributed by atoms with Gasteiger partial charge in [-0.15, -0.1) is 0 Å². The Morgan fingerprint density at radius 1 is 0.326 bits per heavy atom. The van der Waals surface area contributed by atoms with Crippen molar-refractivity contribution < 1.29 is 220 Å².